The number of aryl methyl sites for hydroxylation is 2. The zero-order valence-electron chi connectivity index (χ0n) is 57.5. The Morgan fingerprint density at radius 2 is 0.784 bits per heavy atom. The number of hydrogen-bond acceptors (Lipinski definition) is 9. The van der Waals surface area contributed by atoms with Crippen LogP contribution in [-0.2, 0) is 42.4 Å². The van der Waals surface area contributed by atoms with Crippen LogP contribution in [0.2, 0.25) is 0 Å². The summed E-state index contributed by atoms with van der Waals surface area (Å²) in [5.41, 5.74) is -15.8. The molecule has 8 aromatic rings. The van der Waals surface area contributed by atoms with E-state index in [1.807, 2.05) is 0 Å². The van der Waals surface area contributed by atoms with E-state index in [2.05, 4.69) is 0 Å². The van der Waals surface area contributed by atoms with Gasteiger partial charge in [0, 0.05) is 12.6 Å². The molecule has 30 heteroatoms. The maximum atomic E-state index is 14.7. The van der Waals surface area contributed by atoms with Crippen LogP contribution in [-0.4, -0.2) is 83.7 Å². The van der Waals surface area contributed by atoms with Gasteiger partial charge in [0.15, 0.2) is 11.6 Å². The van der Waals surface area contributed by atoms with Gasteiger partial charge in [0.1, 0.15) is 17.4 Å². The van der Waals surface area contributed by atoms with Crippen LogP contribution in [0.3, 0.4) is 0 Å². The zero-order valence-corrected chi connectivity index (χ0v) is 57.5. The predicted molar refractivity (Wildman–Crippen MR) is 363 cm³/mol. The highest BCUT2D eigenvalue weighted by atomic mass is 19.4. The minimum absolute atomic E-state index is 0.0361. The van der Waals surface area contributed by atoms with Crippen molar-refractivity contribution in [1.29, 1.82) is 0 Å². The molecule has 0 aromatic heterocycles. The number of imide groups is 3. The molecular weight excluding hydrogens is 1500 g/mol. The second-order valence-electron chi connectivity index (χ2n) is 26.6. The molecule has 572 valence electrons. The lowest BCUT2D eigenvalue weighted by Gasteiger charge is -2.38. The van der Waals surface area contributed by atoms with Crippen molar-refractivity contribution in [2.24, 2.45) is 23.7 Å². The van der Waals surface area contributed by atoms with E-state index in [9.17, 15) is 117 Å². The normalized spacial score (nSPS) is 19.3. The largest absolute Gasteiger partial charge is 0.460 e. The van der Waals surface area contributed by atoms with Crippen LogP contribution in [0.4, 0.5) is 90.4 Å². The Kier molecular flexibility index (Phi) is 19.9. The average molecular weight is 1550 g/mol. The molecule has 12 nitrogen and oxygen atoms in total. The molecule has 1 saturated heterocycles. The van der Waals surface area contributed by atoms with Gasteiger partial charge in [-0.15, -0.1) is 0 Å². The third kappa shape index (κ3) is 13.4. The lowest BCUT2D eigenvalue weighted by atomic mass is 9.72. The molecule has 8 aromatic carbocycles. The number of carbonyl (C=O) groups is 8. The topological polar surface area (TPSA) is 156 Å². The number of allylic oxidation sites excluding steroid dienone is 6. The molecule has 1 saturated carbocycles. The van der Waals surface area contributed by atoms with Crippen molar-refractivity contribution in [2.45, 2.75) is 74.6 Å². The van der Waals surface area contributed by atoms with E-state index in [0.29, 0.717) is 75.7 Å². The maximum Gasteiger partial charge on any atom is 0.416 e. The molecule has 14 rings (SSSR count). The number of ether oxygens (including phenoxy) is 1. The van der Waals surface area contributed by atoms with Gasteiger partial charge in [0.05, 0.1) is 68.4 Å². The summed E-state index contributed by atoms with van der Waals surface area (Å²) in [4.78, 5) is 104. The van der Waals surface area contributed by atoms with Crippen LogP contribution < -0.4 is 14.5 Å². The van der Waals surface area contributed by atoms with Gasteiger partial charge in [-0.05, 0) is 139 Å². The number of amides is 6. The third-order valence-electron chi connectivity index (χ3n) is 20.1. The quantitative estimate of drug-likeness (QED) is 0.0739. The second-order valence-corrected chi connectivity index (χ2v) is 26.6. The molecule has 5 unspecified atom stereocenters. The fraction of sp³-hybridized carbons (Fsp3) is 0.210. The van der Waals surface area contributed by atoms with E-state index in [-0.39, 0.29) is 68.6 Å². The minimum atomic E-state index is -5.91. The van der Waals surface area contributed by atoms with Gasteiger partial charge < -0.3 is 4.74 Å². The lowest BCUT2D eigenvalue weighted by Crippen LogP contribution is -2.54. The van der Waals surface area contributed by atoms with Crippen molar-refractivity contribution in [3.05, 3.63) is 302 Å². The Bertz CT molecular complexity index is 5150. The van der Waals surface area contributed by atoms with Crippen LogP contribution >= 0.6 is 0 Å². The van der Waals surface area contributed by atoms with Gasteiger partial charge in [0.25, 0.3) is 23.6 Å². The molecule has 3 heterocycles. The summed E-state index contributed by atoms with van der Waals surface area (Å²) in [5.74, 6) is -11.2. The first-order valence-corrected chi connectivity index (χ1v) is 33.2. The van der Waals surface area contributed by atoms with Crippen LogP contribution in [0, 0.1) is 37.5 Å². The monoisotopic (exact) mass is 1550 g/mol. The highest BCUT2D eigenvalue weighted by molar-refractivity contribution is 6.34. The Balaban J connectivity index is 0.000000182. The molecule has 0 bridgehead atoms. The van der Waals surface area contributed by atoms with Crippen molar-refractivity contribution in [1.82, 2.24) is 4.90 Å². The van der Waals surface area contributed by atoms with Gasteiger partial charge in [-0.2, -0.15) is 79.0 Å². The highest BCUT2D eigenvalue weighted by Crippen LogP contribution is 2.59. The molecule has 0 radical (unpaired) electrons. The first kappa shape index (κ1) is 78.6. The zero-order chi connectivity index (χ0) is 80.9. The number of benzene rings is 8. The number of ketones is 2. The van der Waals surface area contributed by atoms with Gasteiger partial charge >= 0.3 is 37.1 Å². The molecule has 2 fully saturated rings. The predicted octanol–water partition coefficient (Wildman–Crippen LogP) is 18.9. The lowest BCUT2D eigenvalue weighted by molar-refractivity contribution is -0.290. The SMILES string of the molecule is CC1=CC=CC2C(=O)N(c3ccc(C(c4ccc(N5C(=O)c6ccccc6C5=O)cc4)(C(F)(F)F)C(F)(F)F)cc3)C(=O)C12.CN1C(=O)c2ccccc2C1=O.Cc1ccc(C(c2ccc(C3C(=O)C4C=CC=C(Oc5cccc(C)c5-c5cc(C(F)(F)F)cc(C(F)(F)F)c5)C4C3=O)cc2)(C(F)(F)F)C(F)(F)F)cc1. The van der Waals surface area contributed by atoms with E-state index in [1.165, 1.54) is 87.7 Å². The standard InChI is InChI=1S/C40H26F12O3.C32H20F6N2O4.C9H7NO2/c1-20-9-13-24(14-10-20)36(39(47,48)49,40(50,51)52)25-15-11-22(12-16-25)32-34(53)28-6-4-8-30(33(28)35(32)54)55-29-7-3-5-21(2)31(29)23-17-26(37(41,42)43)19-27(18-23)38(44,45)46;1-17-5-4-8-24-25(17)29(44)40(28(24)43)21-15-11-19(12-16-21)30(31(33,34)35,32(36,37)38)18-9-13-20(14-10-18)39-26(41)22-6-2-3-7-23(22)27(39)42;1-10-8(11)6-4-2-3-5-7(6)9(10)12/h3-19,28,32-33H,1-2H3;2-16,24-25H,1H3;2-5H,1H3. The van der Waals surface area contributed by atoms with Crippen molar-refractivity contribution >= 4 is 58.4 Å². The summed E-state index contributed by atoms with van der Waals surface area (Å²) in [5, 5.41) is 0. The Morgan fingerprint density at radius 3 is 1.22 bits per heavy atom. The maximum absolute atomic E-state index is 14.7. The summed E-state index contributed by atoms with van der Waals surface area (Å²) in [7, 11) is 1.49. The van der Waals surface area contributed by atoms with Crippen molar-refractivity contribution in [2.75, 3.05) is 16.8 Å². The van der Waals surface area contributed by atoms with E-state index in [1.54, 1.807) is 43.3 Å². The fourth-order valence-corrected chi connectivity index (χ4v) is 14.7. The van der Waals surface area contributed by atoms with E-state index >= 15 is 0 Å². The third-order valence-corrected chi connectivity index (χ3v) is 20.1. The first-order valence-electron chi connectivity index (χ1n) is 33.2. The van der Waals surface area contributed by atoms with E-state index < -0.39 is 152 Å². The molecule has 0 spiro atoms. The van der Waals surface area contributed by atoms with Gasteiger partial charge in [-0.1, -0.05) is 151 Å². The molecular formula is C81H53F18N3O9. The molecule has 6 amide bonds. The Hall–Kier alpha value is -12.0. The number of alkyl halides is 18. The molecule has 111 heavy (non-hydrogen) atoms. The summed E-state index contributed by atoms with van der Waals surface area (Å²) < 4.78 is 265. The number of nitrogens with zero attached hydrogens (tertiary/aromatic N) is 3. The van der Waals surface area contributed by atoms with Crippen molar-refractivity contribution < 1.29 is 122 Å². The summed E-state index contributed by atoms with van der Waals surface area (Å²) in [6.07, 6.45) is -25.2. The fourth-order valence-electron chi connectivity index (χ4n) is 14.7. The van der Waals surface area contributed by atoms with Gasteiger partial charge in [-0.3, -0.25) is 43.3 Å². The molecule has 0 N–H and O–H groups in total. The number of carbonyl (C=O) groups excluding carboxylic acids is 8. The second kappa shape index (κ2) is 28.2. The van der Waals surface area contributed by atoms with E-state index in [0.717, 1.165) is 70.5 Å². The smallest absolute Gasteiger partial charge is 0.416 e. The Labute approximate surface area is 617 Å². The summed E-state index contributed by atoms with van der Waals surface area (Å²) >= 11 is 0. The van der Waals surface area contributed by atoms with Crippen LogP contribution in [0.5, 0.6) is 5.75 Å². The molecule has 5 atom stereocenters. The number of rotatable bonds is 10. The van der Waals surface area contributed by atoms with Crippen molar-refractivity contribution in [3.8, 4) is 16.9 Å². The average Bonchev–Trinajstić information content (AvgIpc) is 1.37. The van der Waals surface area contributed by atoms with Crippen LogP contribution in [0.25, 0.3) is 11.1 Å². The number of anilines is 2. The molecule has 3 aliphatic heterocycles. The minimum Gasteiger partial charge on any atom is -0.460 e. The highest BCUT2D eigenvalue weighted by Gasteiger charge is 2.74. The first-order chi connectivity index (χ1) is 51.9. The van der Waals surface area contributed by atoms with Crippen LogP contribution in [0.1, 0.15) is 104 Å². The summed E-state index contributed by atoms with van der Waals surface area (Å²) in [6.45, 7) is 4.54. The number of hydrogen-bond donors (Lipinski definition) is 0. The summed E-state index contributed by atoms with van der Waals surface area (Å²) in [6, 6.07) is 29.9. The van der Waals surface area contributed by atoms with E-state index in [4.69, 9.17) is 4.74 Å². The Morgan fingerprint density at radius 1 is 0.378 bits per heavy atom. The number of halogens is 18. The van der Waals surface area contributed by atoms with Gasteiger partial charge in [-0.25, -0.2) is 9.80 Å². The molecule has 6 aliphatic rings. The van der Waals surface area contributed by atoms with Crippen LogP contribution in [0.15, 0.2) is 230 Å². The van der Waals surface area contributed by atoms with Gasteiger partial charge in [0.2, 0.25) is 22.6 Å². The molecule has 3 aliphatic carbocycles. The van der Waals surface area contributed by atoms with Crippen molar-refractivity contribution in [3.63, 3.8) is 0 Å². The number of fused-ring (bicyclic) bond motifs is 4. The number of Topliss-reactive ketones (excluding diaryl/α,β-unsaturated/α-hetero) is 2.